The summed E-state index contributed by atoms with van der Waals surface area (Å²) in [6.07, 6.45) is 3.28. The number of carboxylic acids is 1. The van der Waals surface area contributed by atoms with Gasteiger partial charge in [0.2, 0.25) is 5.91 Å². The van der Waals surface area contributed by atoms with Crippen LogP contribution in [0.25, 0.3) is 0 Å². The van der Waals surface area contributed by atoms with Gasteiger partial charge in [0.25, 0.3) is 0 Å². The molecule has 1 amide bonds. The second kappa shape index (κ2) is 4.48. The third kappa shape index (κ3) is 2.25. The highest BCUT2D eigenvalue weighted by molar-refractivity contribution is 5.90. The predicted octanol–water partition coefficient (Wildman–Crippen LogP) is 1.92. The van der Waals surface area contributed by atoms with Crippen molar-refractivity contribution in [2.24, 2.45) is 0 Å². The first kappa shape index (κ1) is 12.7. The molecule has 2 rings (SSSR count). The summed E-state index contributed by atoms with van der Waals surface area (Å²) in [6, 6.07) is 1.38. The number of hydrogen-bond donors (Lipinski definition) is 1. The van der Waals surface area contributed by atoms with E-state index in [4.69, 9.17) is 9.52 Å². The lowest BCUT2D eigenvalue weighted by molar-refractivity contribution is -0.133. The average molecular weight is 251 g/mol. The minimum Gasteiger partial charge on any atom is -0.478 e. The van der Waals surface area contributed by atoms with Crippen LogP contribution in [0.5, 0.6) is 0 Å². The Kier molecular flexibility index (Phi) is 3.15. The van der Waals surface area contributed by atoms with Crippen LogP contribution < -0.4 is 0 Å². The van der Waals surface area contributed by atoms with Crippen molar-refractivity contribution in [1.82, 2.24) is 4.90 Å². The molecule has 0 aromatic carbocycles. The van der Waals surface area contributed by atoms with Gasteiger partial charge in [-0.3, -0.25) is 4.79 Å². The van der Waals surface area contributed by atoms with Crippen molar-refractivity contribution in [3.63, 3.8) is 0 Å². The Balaban J connectivity index is 2.12. The van der Waals surface area contributed by atoms with E-state index in [1.807, 2.05) is 13.8 Å². The van der Waals surface area contributed by atoms with E-state index >= 15 is 0 Å². The summed E-state index contributed by atoms with van der Waals surface area (Å²) in [5.74, 6) is -0.905. The molecular formula is C13H17NO4. The molecule has 1 N–H and O–H groups in total. The number of likely N-dealkylation sites (tertiary alicyclic amines) is 1. The number of hydrogen-bond acceptors (Lipinski definition) is 3. The van der Waals surface area contributed by atoms with Gasteiger partial charge >= 0.3 is 5.97 Å². The highest BCUT2D eigenvalue weighted by Gasteiger charge is 2.35. The molecule has 0 aliphatic carbocycles. The second-order valence-electron chi connectivity index (χ2n) is 5.20. The van der Waals surface area contributed by atoms with Crippen LogP contribution in [0.4, 0.5) is 0 Å². The van der Waals surface area contributed by atoms with Crippen molar-refractivity contribution in [3.8, 4) is 0 Å². The molecule has 1 aromatic rings. The fraction of sp³-hybridized carbons (Fsp3) is 0.538. The maximum atomic E-state index is 12.2. The largest absolute Gasteiger partial charge is 0.478 e. The summed E-state index contributed by atoms with van der Waals surface area (Å²) >= 11 is 0. The highest BCUT2D eigenvalue weighted by Crippen LogP contribution is 2.29. The van der Waals surface area contributed by atoms with Gasteiger partial charge in [0.15, 0.2) is 0 Å². The van der Waals surface area contributed by atoms with Gasteiger partial charge in [0.05, 0.1) is 12.7 Å². The van der Waals surface area contributed by atoms with Crippen LogP contribution in [0.2, 0.25) is 0 Å². The first-order valence-electron chi connectivity index (χ1n) is 6.02. The van der Waals surface area contributed by atoms with Gasteiger partial charge in [-0.05, 0) is 32.8 Å². The third-order valence-electron chi connectivity index (χ3n) is 3.49. The monoisotopic (exact) mass is 251 g/mol. The van der Waals surface area contributed by atoms with E-state index in [1.165, 1.54) is 12.3 Å². The van der Waals surface area contributed by atoms with Gasteiger partial charge in [0, 0.05) is 12.1 Å². The van der Waals surface area contributed by atoms with Gasteiger partial charge in [-0.1, -0.05) is 0 Å². The zero-order valence-corrected chi connectivity index (χ0v) is 10.6. The number of carbonyl (C=O) groups excluding carboxylic acids is 1. The quantitative estimate of drug-likeness (QED) is 0.891. The van der Waals surface area contributed by atoms with E-state index in [0.29, 0.717) is 0 Å². The number of furan rings is 1. The van der Waals surface area contributed by atoms with Gasteiger partial charge in [-0.2, -0.15) is 0 Å². The smallest absolute Gasteiger partial charge is 0.339 e. The molecule has 0 radical (unpaired) electrons. The minimum absolute atomic E-state index is 0.0120. The predicted molar refractivity (Wildman–Crippen MR) is 64.4 cm³/mol. The van der Waals surface area contributed by atoms with Crippen molar-refractivity contribution in [2.75, 3.05) is 6.54 Å². The summed E-state index contributed by atoms with van der Waals surface area (Å²) in [7, 11) is 0. The molecular weight excluding hydrogens is 234 g/mol. The van der Waals surface area contributed by atoms with Crippen LogP contribution in [0.3, 0.4) is 0 Å². The van der Waals surface area contributed by atoms with Crippen LogP contribution in [-0.4, -0.2) is 34.0 Å². The zero-order chi connectivity index (χ0) is 13.3. The molecule has 1 aliphatic rings. The molecule has 1 aliphatic heterocycles. The Bertz CT molecular complexity index is 475. The van der Waals surface area contributed by atoms with Gasteiger partial charge in [-0.25, -0.2) is 4.79 Å². The molecule has 0 atom stereocenters. The summed E-state index contributed by atoms with van der Waals surface area (Å²) in [5, 5.41) is 8.95. The Hall–Kier alpha value is -1.78. The number of carbonyl (C=O) groups is 2. The van der Waals surface area contributed by atoms with E-state index in [-0.39, 0.29) is 29.2 Å². The SMILES string of the molecule is CC1(C)CCCN1C(=O)Cc1occc1C(=O)O. The molecule has 0 bridgehead atoms. The number of carboxylic acid groups (broad SMARTS) is 1. The molecule has 5 heteroatoms. The highest BCUT2D eigenvalue weighted by atomic mass is 16.4. The van der Waals surface area contributed by atoms with Crippen molar-refractivity contribution in [2.45, 2.75) is 38.6 Å². The molecule has 1 aromatic heterocycles. The van der Waals surface area contributed by atoms with Crippen molar-refractivity contribution >= 4 is 11.9 Å². The Morgan fingerprint density at radius 1 is 1.50 bits per heavy atom. The molecule has 18 heavy (non-hydrogen) atoms. The first-order valence-corrected chi connectivity index (χ1v) is 6.02. The van der Waals surface area contributed by atoms with Crippen molar-refractivity contribution < 1.29 is 19.1 Å². The van der Waals surface area contributed by atoms with Gasteiger partial charge in [-0.15, -0.1) is 0 Å². The maximum Gasteiger partial charge on any atom is 0.339 e. The van der Waals surface area contributed by atoms with E-state index in [0.717, 1.165) is 19.4 Å². The fourth-order valence-corrected chi connectivity index (χ4v) is 2.47. The normalized spacial score (nSPS) is 18.0. The maximum absolute atomic E-state index is 12.2. The van der Waals surface area contributed by atoms with Crippen LogP contribution in [0, 0.1) is 0 Å². The van der Waals surface area contributed by atoms with Crippen LogP contribution in [0.15, 0.2) is 16.7 Å². The second-order valence-corrected chi connectivity index (χ2v) is 5.20. The van der Waals surface area contributed by atoms with E-state index in [1.54, 1.807) is 4.90 Å². The zero-order valence-electron chi connectivity index (χ0n) is 10.6. The molecule has 0 unspecified atom stereocenters. The molecule has 0 saturated carbocycles. The molecule has 2 heterocycles. The number of nitrogens with zero attached hydrogens (tertiary/aromatic N) is 1. The van der Waals surface area contributed by atoms with E-state index < -0.39 is 5.97 Å². The van der Waals surface area contributed by atoms with Gasteiger partial charge < -0.3 is 14.4 Å². The summed E-state index contributed by atoms with van der Waals surface area (Å²) in [5.41, 5.74) is -0.0760. The Morgan fingerprint density at radius 2 is 2.22 bits per heavy atom. The average Bonchev–Trinajstić information content (AvgIpc) is 2.83. The standard InChI is InChI=1S/C13H17NO4/c1-13(2)5-3-6-14(13)11(15)8-10-9(12(16)17)4-7-18-10/h4,7H,3,5-6,8H2,1-2H3,(H,16,17). The van der Waals surface area contributed by atoms with Crippen molar-refractivity contribution in [1.29, 1.82) is 0 Å². The lowest BCUT2D eigenvalue weighted by Gasteiger charge is -2.31. The summed E-state index contributed by atoms with van der Waals surface area (Å²) < 4.78 is 5.10. The van der Waals surface area contributed by atoms with Crippen LogP contribution in [0.1, 0.15) is 42.8 Å². The number of aromatic carboxylic acids is 1. The topological polar surface area (TPSA) is 70.8 Å². The number of amides is 1. The lowest BCUT2D eigenvalue weighted by Crippen LogP contribution is -2.43. The van der Waals surface area contributed by atoms with E-state index in [2.05, 4.69) is 0 Å². The number of rotatable bonds is 3. The Labute approximate surface area is 105 Å². The summed E-state index contributed by atoms with van der Waals surface area (Å²) in [4.78, 5) is 24.9. The molecule has 5 nitrogen and oxygen atoms in total. The minimum atomic E-state index is -1.06. The summed E-state index contributed by atoms with van der Waals surface area (Å²) in [6.45, 7) is 4.78. The van der Waals surface area contributed by atoms with Crippen LogP contribution in [-0.2, 0) is 11.2 Å². The molecule has 0 spiro atoms. The Morgan fingerprint density at radius 3 is 2.78 bits per heavy atom. The molecule has 1 fully saturated rings. The van der Waals surface area contributed by atoms with Gasteiger partial charge in [0.1, 0.15) is 11.3 Å². The first-order chi connectivity index (χ1) is 8.42. The van der Waals surface area contributed by atoms with Crippen molar-refractivity contribution in [3.05, 3.63) is 23.7 Å². The molecule has 1 saturated heterocycles. The van der Waals surface area contributed by atoms with E-state index in [9.17, 15) is 9.59 Å². The fourth-order valence-electron chi connectivity index (χ4n) is 2.47. The molecule has 98 valence electrons. The lowest BCUT2D eigenvalue weighted by atomic mass is 10.0. The van der Waals surface area contributed by atoms with Crippen LogP contribution >= 0.6 is 0 Å². The third-order valence-corrected chi connectivity index (χ3v) is 3.49.